The third-order valence-corrected chi connectivity index (χ3v) is 3.77. The van der Waals surface area contributed by atoms with Gasteiger partial charge in [0.1, 0.15) is 11.9 Å². The largest absolute Gasteiger partial charge is 0.461 e. The molecular weight excluding hydrogens is 259 g/mol. The van der Waals surface area contributed by atoms with Gasteiger partial charge in [-0.2, -0.15) is 0 Å². The van der Waals surface area contributed by atoms with Gasteiger partial charge in [0.15, 0.2) is 0 Å². The summed E-state index contributed by atoms with van der Waals surface area (Å²) in [5.41, 5.74) is 6.85. The number of rotatable bonds is 4. The number of para-hydroxylation sites is 1. The van der Waals surface area contributed by atoms with E-state index in [9.17, 15) is 9.18 Å². The van der Waals surface area contributed by atoms with Crippen molar-refractivity contribution in [2.45, 2.75) is 44.8 Å². The van der Waals surface area contributed by atoms with Crippen LogP contribution in [0.3, 0.4) is 0 Å². The van der Waals surface area contributed by atoms with Crippen LogP contribution in [0.5, 0.6) is 0 Å². The highest BCUT2D eigenvalue weighted by Crippen LogP contribution is 2.29. The van der Waals surface area contributed by atoms with Gasteiger partial charge in [-0.25, -0.2) is 4.39 Å². The molecule has 1 heterocycles. The molecule has 2 rings (SSSR count). The van der Waals surface area contributed by atoms with Gasteiger partial charge in [-0.3, -0.25) is 4.79 Å². The summed E-state index contributed by atoms with van der Waals surface area (Å²) in [6.45, 7) is 4.13. The monoisotopic (exact) mass is 280 g/mol. The maximum absolute atomic E-state index is 13.5. The maximum Gasteiger partial charge on any atom is 0.302 e. The second-order valence-electron chi connectivity index (χ2n) is 5.45. The van der Waals surface area contributed by atoms with E-state index in [-0.39, 0.29) is 35.5 Å². The molecule has 1 saturated heterocycles. The number of hydrogen-bond acceptors (Lipinski definition) is 4. The Morgan fingerprint density at radius 2 is 2.35 bits per heavy atom. The summed E-state index contributed by atoms with van der Waals surface area (Å²) in [5.74, 6) is -0.467. The fraction of sp³-hybridized carbons (Fsp3) is 0.533. The van der Waals surface area contributed by atoms with E-state index in [2.05, 4.69) is 5.32 Å². The van der Waals surface area contributed by atoms with Crippen molar-refractivity contribution >= 4 is 11.7 Å². The third-order valence-electron chi connectivity index (χ3n) is 3.77. The second-order valence-corrected chi connectivity index (χ2v) is 5.45. The lowest BCUT2D eigenvalue weighted by Gasteiger charge is -2.19. The summed E-state index contributed by atoms with van der Waals surface area (Å²) in [4.78, 5) is 10.9. The minimum atomic E-state index is -0.369. The second kappa shape index (κ2) is 6.22. The molecule has 5 heteroatoms. The average Bonchev–Trinajstić information content (AvgIpc) is 2.79. The lowest BCUT2D eigenvalue weighted by molar-refractivity contribution is -0.145. The van der Waals surface area contributed by atoms with Gasteiger partial charge in [0, 0.05) is 25.9 Å². The van der Waals surface area contributed by atoms with Gasteiger partial charge in [0.25, 0.3) is 0 Å². The van der Waals surface area contributed by atoms with Crippen LogP contribution in [0.25, 0.3) is 0 Å². The molecule has 0 aromatic heterocycles. The summed E-state index contributed by atoms with van der Waals surface area (Å²) < 4.78 is 18.6. The Balaban J connectivity index is 1.94. The summed E-state index contributed by atoms with van der Waals surface area (Å²) in [7, 11) is 0. The van der Waals surface area contributed by atoms with Gasteiger partial charge in [-0.05, 0) is 24.0 Å². The molecular formula is C15H21FN2O2. The van der Waals surface area contributed by atoms with Gasteiger partial charge in [-0.15, -0.1) is 0 Å². The van der Waals surface area contributed by atoms with Gasteiger partial charge >= 0.3 is 5.97 Å². The number of hydrogen-bond donors (Lipinski definition) is 2. The summed E-state index contributed by atoms with van der Waals surface area (Å²) in [5, 5.41) is 3.34. The molecule has 1 fully saturated rings. The van der Waals surface area contributed by atoms with Gasteiger partial charge < -0.3 is 15.8 Å². The fourth-order valence-corrected chi connectivity index (χ4v) is 2.82. The van der Waals surface area contributed by atoms with Gasteiger partial charge in [-0.1, -0.05) is 19.1 Å². The number of anilines is 1. The van der Waals surface area contributed by atoms with E-state index in [0.29, 0.717) is 6.54 Å². The fourth-order valence-electron chi connectivity index (χ4n) is 2.82. The number of carbonyl (C=O) groups excluding carboxylic acids is 1. The molecule has 3 atom stereocenters. The van der Waals surface area contributed by atoms with E-state index < -0.39 is 0 Å². The summed E-state index contributed by atoms with van der Waals surface area (Å²) >= 11 is 0. The molecule has 1 aliphatic rings. The molecule has 0 amide bonds. The Morgan fingerprint density at radius 3 is 3.05 bits per heavy atom. The Bertz CT molecular complexity index is 493. The molecule has 1 aromatic rings. The zero-order chi connectivity index (χ0) is 14.7. The molecule has 3 N–H and O–H groups in total. The van der Waals surface area contributed by atoms with E-state index in [4.69, 9.17) is 10.5 Å². The predicted octanol–water partition coefficient (Wildman–Crippen LogP) is 2.20. The van der Waals surface area contributed by atoms with E-state index in [1.54, 1.807) is 6.07 Å². The Kier molecular flexibility index (Phi) is 4.60. The topological polar surface area (TPSA) is 64.3 Å². The van der Waals surface area contributed by atoms with Crippen molar-refractivity contribution in [3.63, 3.8) is 0 Å². The van der Waals surface area contributed by atoms with Crippen molar-refractivity contribution in [3.05, 3.63) is 29.6 Å². The van der Waals surface area contributed by atoms with Gasteiger partial charge in [0.05, 0.1) is 5.69 Å². The minimum absolute atomic E-state index is 0.0606. The minimum Gasteiger partial charge on any atom is -0.461 e. The van der Waals surface area contributed by atoms with Gasteiger partial charge in [0.2, 0.25) is 0 Å². The molecule has 4 nitrogen and oxygen atoms in total. The van der Waals surface area contributed by atoms with E-state index >= 15 is 0 Å². The number of esters is 1. The highest BCUT2D eigenvalue weighted by atomic mass is 19.1. The average molecular weight is 280 g/mol. The maximum atomic E-state index is 13.5. The van der Waals surface area contributed by atoms with Crippen LogP contribution >= 0.6 is 0 Å². The summed E-state index contributed by atoms with van der Waals surface area (Å²) in [6, 6.07) is 5.18. The van der Waals surface area contributed by atoms with Crippen LogP contribution in [-0.2, 0) is 9.53 Å². The smallest absolute Gasteiger partial charge is 0.302 e. The lowest BCUT2D eigenvalue weighted by Crippen LogP contribution is -2.23. The molecule has 0 saturated carbocycles. The van der Waals surface area contributed by atoms with E-state index in [0.717, 1.165) is 18.4 Å². The molecule has 0 spiro atoms. The third kappa shape index (κ3) is 3.48. The summed E-state index contributed by atoms with van der Waals surface area (Å²) in [6.07, 6.45) is 1.57. The highest BCUT2D eigenvalue weighted by Gasteiger charge is 2.28. The highest BCUT2D eigenvalue weighted by molar-refractivity contribution is 5.66. The number of carbonyl (C=O) groups is 1. The van der Waals surface area contributed by atoms with Crippen LogP contribution in [-0.4, -0.2) is 24.7 Å². The lowest BCUT2D eigenvalue weighted by atomic mass is 9.92. The SMILES string of the molecule is CC(=O)O[C@@H]1CN[C@H](CC(C)c2cccc(F)c2N)C1. The van der Waals surface area contributed by atoms with Crippen LogP contribution in [0, 0.1) is 5.82 Å². The molecule has 1 aliphatic heterocycles. The first kappa shape index (κ1) is 14.8. The van der Waals surface area contributed by atoms with Crippen molar-refractivity contribution in [3.8, 4) is 0 Å². The molecule has 1 aromatic carbocycles. The molecule has 1 unspecified atom stereocenters. The quantitative estimate of drug-likeness (QED) is 0.655. The Labute approximate surface area is 118 Å². The van der Waals surface area contributed by atoms with Crippen LogP contribution in [0.15, 0.2) is 18.2 Å². The van der Waals surface area contributed by atoms with Crippen LogP contribution < -0.4 is 11.1 Å². The first-order valence-corrected chi connectivity index (χ1v) is 6.92. The van der Waals surface area contributed by atoms with E-state index in [1.807, 2.05) is 13.0 Å². The molecule has 0 aliphatic carbocycles. The first-order chi connectivity index (χ1) is 9.47. The van der Waals surface area contributed by atoms with E-state index in [1.165, 1.54) is 13.0 Å². The first-order valence-electron chi connectivity index (χ1n) is 6.92. The van der Waals surface area contributed by atoms with Crippen LogP contribution in [0.4, 0.5) is 10.1 Å². The normalized spacial score (nSPS) is 23.6. The van der Waals surface area contributed by atoms with Crippen molar-refractivity contribution in [2.24, 2.45) is 0 Å². The number of ether oxygens (including phenoxy) is 1. The Morgan fingerprint density at radius 1 is 1.60 bits per heavy atom. The number of halogens is 1. The van der Waals surface area contributed by atoms with Crippen molar-refractivity contribution in [2.75, 3.05) is 12.3 Å². The van der Waals surface area contributed by atoms with Crippen molar-refractivity contribution < 1.29 is 13.9 Å². The molecule has 0 radical (unpaired) electrons. The number of nitrogens with one attached hydrogen (secondary N) is 1. The number of benzene rings is 1. The molecule has 20 heavy (non-hydrogen) atoms. The molecule has 110 valence electrons. The zero-order valence-corrected chi connectivity index (χ0v) is 11.9. The van der Waals surface area contributed by atoms with Crippen LogP contribution in [0.1, 0.15) is 38.2 Å². The van der Waals surface area contributed by atoms with Crippen molar-refractivity contribution in [1.82, 2.24) is 5.32 Å². The zero-order valence-electron chi connectivity index (χ0n) is 11.9. The standard InChI is InChI=1S/C15H21FN2O2/c1-9(13-4-3-5-14(16)15(13)17)6-11-7-12(8-18-11)20-10(2)19/h3-5,9,11-12,18H,6-8,17H2,1-2H3/t9?,11-,12+/m1/s1. The number of nitrogen functional groups attached to an aromatic ring is 1. The Hall–Kier alpha value is -1.62. The number of nitrogens with two attached hydrogens (primary N) is 1. The van der Waals surface area contributed by atoms with Crippen molar-refractivity contribution in [1.29, 1.82) is 0 Å². The predicted molar refractivity (Wildman–Crippen MR) is 75.8 cm³/mol. The van der Waals surface area contributed by atoms with Crippen LogP contribution in [0.2, 0.25) is 0 Å². The molecule has 0 bridgehead atoms.